The van der Waals surface area contributed by atoms with Gasteiger partial charge in [-0.2, -0.15) is 13.2 Å². The van der Waals surface area contributed by atoms with Crippen molar-refractivity contribution in [2.45, 2.75) is 19.0 Å². The van der Waals surface area contributed by atoms with Crippen LogP contribution in [0.4, 0.5) is 18.9 Å². The van der Waals surface area contributed by atoms with Crippen molar-refractivity contribution in [2.75, 3.05) is 18.8 Å². The predicted molar refractivity (Wildman–Crippen MR) is 73.2 cm³/mol. The second-order valence-corrected chi connectivity index (χ2v) is 5.72. The summed E-state index contributed by atoms with van der Waals surface area (Å²) in [6.07, 6.45) is -3.80. The quantitative estimate of drug-likeness (QED) is 0.788. The third-order valence-electron chi connectivity index (χ3n) is 3.42. The number of benzene rings is 1. The highest BCUT2D eigenvalue weighted by molar-refractivity contribution is 9.10. The average Bonchev–Trinajstić information content (AvgIpc) is 2.40. The van der Waals surface area contributed by atoms with Gasteiger partial charge in [-0.1, -0.05) is 0 Å². The molecule has 0 radical (unpaired) electrons. The van der Waals surface area contributed by atoms with Gasteiger partial charge in [0.25, 0.3) is 5.91 Å². The highest BCUT2D eigenvalue weighted by atomic mass is 79.9. The first kappa shape index (κ1) is 15.2. The molecule has 2 N–H and O–H groups in total. The molecule has 20 heavy (non-hydrogen) atoms. The van der Waals surface area contributed by atoms with E-state index in [0.717, 1.165) is 0 Å². The first-order valence-electron chi connectivity index (χ1n) is 6.20. The van der Waals surface area contributed by atoms with Crippen LogP contribution in [0.2, 0.25) is 0 Å². The first-order valence-corrected chi connectivity index (χ1v) is 6.99. The van der Waals surface area contributed by atoms with E-state index in [0.29, 0.717) is 28.7 Å². The van der Waals surface area contributed by atoms with Gasteiger partial charge in [-0.05, 0) is 47.0 Å². The van der Waals surface area contributed by atoms with Crippen LogP contribution in [0.15, 0.2) is 22.7 Å². The first-order chi connectivity index (χ1) is 9.29. The van der Waals surface area contributed by atoms with Crippen molar-refractivity contribution in [3.63, 3.8) is 0 Å². The van der Waals surface area contributed by atoms with Crippen LogP contribution in [0, 0.1) is 5.92 Å². The maximum Gasteiger partial charge on any atom is 0.393 e. The number of nitrogen functional groups attached to an aromatic ring is 1. The molecule has 7 heteroatoms. The molecule has 1 unspecified atom stereocenters. The molecule has 0 aliphatic carbocycles. The number of halogens is 4. The Hall–Kier alpha value is -1.24. The summed E-state index contributed by atoms with van der Waals surface area (Å²) >= 11 is 3.21. The number of carbonyl (C=O) groups is 1. The summed E-state index contributed by atoms with van der Waals surface area (Å²) in [5, 5.41) is 0. The second-order valence-electron chi connectivity index (χ2n) is 4.87. The van der Waals surface area contributed by atoms with Crippen molar-refractivity contribution >= 4 is 27.5 Å². The molecule has 3 nitrogen and oxygen atoms in total. The van der Waals surface area contributed by atoms with Gasteiger partial charge in [0, 0.05) is 28.8 Å². The van der Waals surface area contributed by atoms with Crippen molar-refractivity contribution in [1.29, 1.82) is 0 Å². The normalized spacial score (nSPS) is 20.0. The number of amides is 1. The zero-order valence-electron chi connectivity index (χ0n) is 10.6. The standard InChI is InChI=1S/C13H14BrF3N2O/c14-10-6-8(3-4-11(10)18)12(20)19-5-1-2-9(7-19)13(15,16)17/h3-4,6,9H,1-2,5,7,18H2. The predicted octanol–water partition coefficient (Wildman–Crippen LogP) is 3.45. The highest BCUT2D eigenvalue weighted by Crippen LogP contribution is 2.33. The molecule has 1 heterocycles. The van der Waals surface area contributed by atoms with E-state index in [1.165, 1.54) is 17.0 Å². The van der Waals surface area contributed by atoms with Crippen LogP contribution in [-0.4, -0.2) is 30.1 Å². The van der Waals surface area contributed by atoms with Crippen molar-refractivity contribution in [3.05, 3.63) is 28.2 Å². The zero-order chi connectivity index (χ0) is 14.9. The lowest BCUT2D eigenvalue weighted by atomic mass is 9.97. The summed E-state index contributed by atoms with van der Waals surface area (Å²) in [4.78, 5) is 13.5. The number of carbonyl (C=O) groups excluding carboxylic acids is 1. The number of nitrogens with zero attached hydrogens (tertiary/aromatic N) is 1. The number of rotatable bonds is 1. The minimum atomic E-state index is -4.25. The summed E-state index contributed by atoms with van der Waals surface area (Å²) in [5.41, 5.74) is 6.45. The van der Waals surface area contributed by atoms with E-state index in [1.807, 2.05) is 0 Å². The number of likely N-dealkylation sites (tertiary alicyclic amines) is 1. The van der Waals surface area contributed by atoms with Gasteiger partial charge in [0.15, 0.2) is 0 Å². The zero-order valence-corrected chi connectivity index (χ0v) is 12.2. The lowest BCUT2D eigenvalue weighted by Gasteiger charge is -2.33. The minimum absolute atomic E-state index is 0.0821. The lowest BCUT2D eigenvalue weighted by Crippen LogP contribution is -2.44. The third-order valence-corrected chi connectivity index (χ3v) is 4.11. The maximum absolute atomic E-state index is 12.7. The fourth-order valence-corrected chi connectivity index (χ4v) is 2.65. The topological polar surface area (TPSA) is 46.3 Å². The van der Waals surface area contributed by atoms with Gasteiger partial charge in [-0.15, -0.1) is 0 Å². The van der Waals surface area contributed by atoms with Gasteiger partial charge in [0.1, 0.15) is 0 Å². The van der Waals surface area contributed by atoms with Gasteiger partial charge in [-0.25, -0.2) is 0 Å². The van der Waals surface area contributed by atoms with Crippen LogP contribution in [-0.2, 0) is 0 Å². The number of hydrogen-bond acceptors (Lipinski definition) is 2. The maximum atomic E-state index is 12.7. The summed E-state index contributed by atoms with van der Waals surface area (Å²) in [6.45, 7) is 0.0811. The Morgan fingerprint density at radius 2 is 2.10 bits per heavy atom. The molecule has 1 fully saturated rings. The van der Waals surface area contributed by atoms with Gasteiger partial charge < -0.3 is 10.6 Å². The fraction of sp³-hybridized carbons (Fsp3) is 0.462. The molecular formula is C13H14BrF3N2O. The van der Waals surface area contributed by atoms with E-state index in [-0.39, 0.29) is 18.9 Å². The van der Waals surface area contributed by atoms with E-state index in [9.17, 15) is 18.0 Å². The molecule has 1 aromatic rings. The molecule has 110 valence electrons. The van der Waals surface area contributed by atoms with Crippen LogP contribution >= 0.6 is 15.9 Å². The Balaban J connectivity index is 2.14. The molecule has 1 aromatic carbocycles. The number of alkyl halides is 3. The largest absolute Gasteiger partial charge is 0.398 e. The van der Waals surface area contributed by atoms with Crippen LogP contribution in [0.5, 0.6) is 0 Å². The van der Waals surface area contributed by atoms with Crippen LogP contribution in [0.25, 0.3) is 0 Å². The number of nitrogens with two attached hydrogens (primary N) is 1. The van der Waals surface area contributed by atoms with Crippen molar-refractivity contribution in [2.24, 2.45) is 5.92 Å². The number of hydrogen-bond donors (Lipinski definition) is 1. The van der Waals surface area contributed by atoms with Crippen molar-refractivity contribution in [3.8, 4) is 0 Å². The Kier molecular flexibility index (Phi) is 4.27. The Morgan fingerprint density at radius 3 is 2.70 bits per heavy atom. The molecule has 1 aliphatic heterocycles. The van der Waals surface area contributed by atoms with Gasteiger partial charge in [0.2, 0.25) is 0 Å². The molecular weight excluding hydrogens is 337 g/mol. The molecule has 1 amide bonds. The number of piperidine rings is 1. The van der Waals surface area contributed by atoms with E-state index in [4.69, 9.17) is 5.73 Å². The van der Waals surface area contributed by atoms with Crippen molar-refractivity contribution in [1.82, 2.24) is 4.90 Å². The molecule has 2 rings (SSSR count). The molecule has 1 saturated heterocycles. The summed E-state index contributed by atoms with van der Waals surface area (Å²) in [7, 11) is 0. The highest BCUT2D eigenvalue weighted by Gasteiger charge is 2.42. The van der Waals surface area contributed by atoms with Gasteiger partial charge in [-0.3, -0.25) is 4.79 Å². The fourth-order valence-electron chi connectivity index (χ4n) is 2.27. The molecule has 1 aliphatic rings. The monoisotopic (exact) mass is 350 g/mol. The van der Waals surface area contributed by atoms with Crippen LogP contribution in [0.1, 0.15) is 23.2 Å². The van der Waals surface area contributed by atoms with E-state index < -0.39 is 12.1 Å². The molecule has 0 bridgehead atoms. The van der Waals surface area contributed by atoms with Gasteiger partial charge >= 0.3 is 6.18 Å². The third kappa shape index (κ3) is 3.26. The molecule has 0 spiro atoms. The molecule has 0 aromatic heterocycles. The van der Waals surface area contributed by atoms with Crippen LogP contribution in [0.3, 0.4) is 0 Å². The van der Waals surface area contributed by atoms with E-state index >= 15 is 0 Å². The Morgan fingerprint density at radius 1 is 1.40 bits per heavy atom. The molecule has 1 atom stereocenters. The van der Waals surface area contributed by atoms with E-state index in [2.05, 4.69) is 15.9 Å². The lowest BCUT2D eigenvalue weighted by molar-refractivity contribution is -0.184. The van der Waals surface area contributed by atoms with Crippen LogP contribution < -0.4 is 5.73 Å². The number of anilines is 1. The summed E-state index contributed by atoms with van der Waals surface area (Å²) in [6, 6.07) is 4.62. The van der Waals surface area contributed by atoms with E-state index in [1.54, 1.807) is 6.07 Å². The minimum Gasteiger partial charge on any atom is -0.398 e. The Labute approximate surface area is 123 Å². The summed E-state index contributed by atoms with van der Waals surface area (Å²) in [5.74, 6) is -1.82. The molecule has 0 saturated carbocycles. The smallest absolute Gasteiger partial charge is 0.393 e. The second kappa shape index (κ2) is 5.63. The average molecular weight is 351 g/mol. The summed E-state index contributed by atoms with van der Waals surface area (Å²) < 4.78 is 38.8. The van der Waals surface area contributed by atoms with Crippen molar-refractivity contribution < 1.29 is 18.0 Å². The van der Waals surface area contributed by atoms with Gasteiger partial charge in [0.05, 0.1) is 5.92 Å². The Bertz CT molecular complexity index is 519. The SMILES string of the molecule is Nc1ccc(C(=O)N2CCCC(C(F)(F)F)C2)cc1Br.